The first-order chi connectivity index (χ1) is 10.8. The third-order valence-electron chi connectivity index (χ3n) is 3.66. The van der Waals surface area contributed by atoms with Crippen LogP contribution in [0.25, 0.3) is 11.4 Å². The molecule has 0 unspecified atom stereocenters. The largest absolute Gasteiger partial charge is 0.255 e. The van der Waals surface area contributed by atoms with Crippen molar-refractivity contribution in [1.29, 1.82) is 0 Å². The van der Waals surface area contributed by atoms with Gasteiger partial charge in [0.2, 0.25) is 0 Å². The summed E-state index contributed by atoms with van der Waals surface area (Å²) >= 11 is 8.53. The Morgan fingerprint density at radius 2 is 1.14 bits per heavy atom. The van der Waals surface area contributed by atoms with Gasteiger partial charge in [-0.05, 0) is 85.4 Å². The van der Waals surface area contributed by atoms with Crippen LogP contribution in [0.3, 0.4) is 0 Å². The maximum atomic E-state index is 4.49. The Morgan fingerprint density at radius 1 is 0.682 bits per heavy atom. The number of unbranched alkanes of at least 4 members (excludes halogenated alkanes) is 2. The Hall–Kier alpha value is -1.00. The van der Waals surface area contributed by atoms with E-state index in [-0.39, 0.29) is 0 Å². The minimum atomic E-state index is 0.952. The van der Waals surface area contributed by atoms with Gasteiger partial charge in [0, 0.05) is 12.4 Å². The lowest BCUT2D eigenvalue weighted by Crippen LogP contribution is -1.94. The van der Waals surface area contributed by atoms with Gasteiger partial charge in [-0.2, -0.15) is 25.3 Å². The molecule has 2 rings (SSSR count). The Bertz CT molecular complexity index is 521. The van der Waals surface area contributed by atoms with Crippen LogP contribution in [0, 0.1) is 0 Å². The SMILES string of the molecule is SCCCCc1ccnc(-c2cc(CCCCS)ccn2)c1. The lowest BCUT2D eigenvalue weighted by atomic mass is 10.1. The van der Waals surface area contributed by atoms with E-state index in [0.29, 0.717) is 0 Å². The second-order valence-electron chi connectivity index (χ2n) is 5.46. The molecule has 0 N–H and O–H groups in total. The highest BCUT2D eigenvalue weighted by Gasteiger charge is 2.04. The van der Waals surface area contributed by atoms with Crippen molar-refractivity contribution in [2.24, 2.45) is 0 Å². The van der Waals surface area contributed by atoms with E-state index < -0.39 is 0 Å². The quantitative estimate of drug-likeness (QED) is 0.516. The monoisotopic (exact) mass is 332 g/mol. The molecule has 2 aromatic rings. The molecule has 4 heteroatoms. The summed E-state index contributed by atoms with van der Waals surface area (Å²) in [5, 5.41) is 0. The fourth-order valence-corrected chi connectivity index (χ4v) is 2.87. The maximum Gasteiger partial charge on any atom is 0.0888 e. The fourth-order valence-electron chi connectivity index (χ4n) is 2.42. The van der Waals surface area contributed by atoms with Gasteiger partial charge in [0.05, 0.1) is 11.4 Å². The second-order valence-corrected chi connectivity index (χ2v) is 6.35. The molecule has 0 amide bonds. The number of rotatable bonds is 9. The molecule has 0 aromatic carbocycles. The molecule has 22 heavy (non-hydrogen) atoms. The highest BCUT2D eigenvalue weighted by molar-refractivity contribution is 7.80. The molecule has 0 aliphatic carbocycles. The molecule has 0 bridgehead atoms. The number of hydrogen-bond acceptors (Lipinski definition) is 4. The minimum Gasteiger partial charge on any atom is -0.255 e. The van der Waals surface area contributed by atoms with E-state index in [1.807, 2.05) is 12.4 Å². The van der Waals surface area contributed by atoms with Gasteiger partial charge >= 0.3 is 0 Å². The summed E-state index contributed by atoms with van der Waals surface area (Å²) in [4.78, 5) is 8.97. The van der Waals surface area contributed by atoms with Gasteiger partial charge in [0.15, 0.2) is 0 Å². The predicted octanol–water partition coefficient (Wildman–Crippen LogP) is 4.65. The number of thiol groups is 2. The molecule has 0 saturated carbocycles. The van der Waals surface area contributed by atoms with Crippen LogP contribution in [0.15, 0.2) is 36.7 Å². The zero-order chi connectivity index (χ0) is 15.6. The van der Waals surface area contributed by atoms with Gasteiger partial charge in [0.1, 0.15) is 0 Å². The molecule has 0 spiro atoms. The molecule has 0 fully saturated rings. The number of pyridine rings is 2. The van der Waals surface area contributed by atoms with E-state index in [2.05, 4.69) is 59.5 Å². The average molecular weight is 333 g/mol. The molecule has 0 aliphatic rings. The van der Waals surface area contributed by atoms with Gasteiger partial charge in [0.25, 0.3) is 0 Å². The van der Waals surface area contributed by atoms with Gasteiger partial charge in [-0.15, -0.1) is 0 Å². The first kappa shape index (κ1) is 17.4. The first-order valence-electron chi connectivity index (χ1n) is 7.95. The normalized spacial score (nSPS) is 10.8. The maximum absolute atomic E-state index is 4.49. The number of nitrogens with zero attached hydrogens (tertiary/aromatic N) is 2. The van der Waals surface area contributed by atoms with Gasteiger partial charge < -0.3 is 0 Å². The van der Waals surface area contributed by atoms with Crippen molar-refractivity contribution in [3.63, 3.8) is 0 Å². The lowest BCUT2D eigenvalue weighted by Gasteiger charge is -2.06. The topological polar surface area (TPSA) is 25.8 Å². The molecule has 0 radical (unpaired) electrons. The Labute approximate surface area is 144 Å². The molecule has 2 aromatic heterocycles. The minimum absolute atomic E-state index is 0.952. The van der Waals surface area contributed by atoms with Crippen LogP contribution in [0.4, 0.5) is 0 Å². The molecule has 0 atom stereocenters. The Kier molecular flexibility index (Phi) is 7.81. The summed E-state index contributed by atoms with van der Waals surface area (Å²) in [5.74, 6) is 1.90. The summed E-state index contributed by atoms with van der Waals surface area (Å²) in [6.45, 7) is 0. The van der Waals surface area contributed by atoms with Crippen LogP contribution in [-0.4, -0.2) is 21.5 Å². The highest BCUT2D eigenvalue weighted by Crippen LogP contribution is 2.18. The number of hydrogen-bond donors (Lipinski definition) is 2. The van der Waals surface area contributed by atoms with E-state index in [1.165, 1.54) is 24.0 Å². The van der Waals surface area contributed by atoms with Crippen LogP contribution in [-0.2, 0) is 12.8 Å². The zero-order valence-electron chi connectivity index (χ0n) is 12.9. The lowest BCUT2D eigenvalue weighted by molar-refractivity contribution is 0.801. The van der Waals surface area contributed by atoms with E-state index in [0.717, 1.165) is 48.6 Å². The zero-order valence-corrected chi connectivity index (χ0v) is 14.7. The summed E-state index contributed by atoms with van der Waals surface area (Å²) < 4.78 is 0. The van der Waals surface area contributed by atoms with Crippen molar-refractivity contribution < 1.29 is 0 Å². The molecule has 0 saturated heterocycles. The molecule has 2 heterocycles. The number of aryl methyl sites for hydroxylation is 2. The summed E-state index contributed by atoms with van der Waals surface area (Å²) in [5.41, 5.74) is 4.60. The van der Waals surface area contributed by atoms with E-state index in [9.17, 15) is 0 Å². The van der Waals surface area contributed by atoms with Crippen molar-refractivity contribution in [3.8, 4) is 11.4 Å². The van der Waals surface area contributed by atoms with Crippen LogP contribution in [0.1, 0.15) is 36.8 Å². The van der Waals surface area contributed by atoms with Crippen molar-refractivity contribution >= 4 is 25.3 Å². The third-order valence-corrected chi connectivity index (χ3v) is 4.29. The summed E-state index contributed by atoms with van der Waals surface area (Å²) in [6.07, 6.45) is 10.6. The highest BCUT2D eigenvalue weighted by atomic mass is 32.1. The smallest absolute Gasteiger partial charge is 0.0888 e. The predicted molar refractivity (Wildman–Crippen MR) is 101 cm³/mol. The van der Waals surface area contributed by atoms with Crippen molar-refractivity contribution in [2.75, 3.05) is 11.5 Å². The first-order valence-corrected chi connectivity index (χ1v) is 9.22. The van der Waals surface area contributed by atoms with Crippen molar-refractivity contribution in [3.05, 3.63) is 47.8 Å². The fraction of sp³-hybridized carbons (Fsp3) is 0.444. The molecule has 2 nitrogen and oxygen atoms in total. The van der Waals surface area contributed by atoms with Crippen molar-refractivity contribution in [2.45, 2.75) is 38.5 Å². The van der Waals surface area contributed by atoms with Crippen LogP contribution in [0.2, 0.25) is 0 Å². The van der Waals surface area contributed by atoms with Gasteiger partial charge in [-0.1, -0.05) is 0 Å². The van der Waals surface area contributed by atoms with Crippen molar-refractivity contribution in [1.82, 2.24) is 9.97 Å². The molecule has 0 aliphatic heterocycles. The van der Waals surface area contributed by atoms with E-state index in [4.69, 9.17) is 0 Å². The summed E-state index contributed by atoms with van der Waals surface area (Å²) in [7, 11) is 0. The number of aromatic nitrogens is 2. The molecular formula is C18H24N2S2. The second kappa shape index (κ2) is 9.90. The summed E-state index contributed by atoms with van der Waals surface area (Å²) in [6, 6.07) is 8.52. The standard InChI is InChI=1S/C18H24N2S2/c21-11-3-1-5-15-7-9-19-17(13-15)18-14-16(8-10-20-18)6-2-4-12-22/h7-10,13-14,21-22H,1-6,11-12H2. The molecule has 118 valence electrons. The Balaban J connectivity index is 2.07. The van der Waals surface area contributed by atoms with E-state index in [1.54, 1.807) is 0 Å². The third kappa shape index (κ3) is 5.65. The average Bonchev–Trinajstić information content (AvgIpc) is 2.56. The Morgan fingerprint density at radius 3 is 1.55 bits per heavy atom. The van der Waals surface area contributed by atoms with Crippen LogP contribution in [0.5, 0.6) is 0 Å². The van der Waals surface area contributed by atoms with E-state index >= 15 is 0 Å². The molecular weight excluding hydrogens is 308 g/mol. The van der Waals surface area contributed by atoms with Crippen LogP contribution < -0.4 is 0 Å². The van der Waals surface area contributed by atoms with Gasteiger partial charge in [-0.25, -0.2) is 0 Å². The van der Waals surface area contributed by atoms with Gasteiger partial charge in [-0.3, -0.25) is 9.97 Å². The van der Waals surface area contributed by atoms with Crippen LogP contribution >= 0.6 is 25.3 Å².